The molecule has 2 unspecified atom stereocenters. The Morgan fingerprint density at radius 2 is 2.30 bits per heavy atom. The van der Waals surface area contributed by atoms with Gasteiger partial charge < -0.3 is 9.63 Å². The average molecular weight is 166 g/mol. The van der Waals surface area contributed by atoms with Gasteiger partial charge in [-0.05, 0) is 6.92 Å². The lowest BCUT2D eigenvalue weighted by atomic mass is 10.5. The molecule has 10 heavy (non-hydrogen) atoms. The lowest BCUT2D eigenvalue weighted by Crippen LogP contribution is -2.08. The van der Waals surface area contributed by atoms with Crippen molar-refractivity contribution in [3.63, 3.8) is 0 Å². The second-order valence-electron chi connectivity index (χ2n) is 2.05. The summed E-state index contributed by atoms with van der Waals surface area (Å²) >= 11 is 0. The predicted octanol–water partition coefficient (Wildman–Crippen LogP) is 0.482. The standard InChI is InChI=1S/C5H11O4P/c1-5(7)3-10(8,4-6)9-2/h4-5,7H,3H2,1-2H3. The predicted molar refractivity (Wildman–Crippen MR) is 37.9 cm³/mol. The largest absolute Gasteiger partial charge is 0.393 e. The average Bonchev–Trinajstić information content (AvgIpc) is 1.87. The van der Waals surface area contributed by atoms with Crippen molar-refractivity contribution in [2.45, 2.75) is 13.0 Å². The highest BCUT2D eigenvalue weighted by molar-refractivity contribution is 7.73. The molecule has 60 valence electrons. The maximum absolute atomic E-state index is 11.0. The minimum absolute atomic E-state index is 0.104. The molecule has 0 aromatic rings. The number of carbonyl (C=O) groups excluding carboxylic acids is 1. The zero-order valence-corrected chi connectivity index (χ0v) is 6.88. The van der Waals surface area contributed by atoms with Gasteiger partial charge in [-0.25, -0.2) is 0 Å². The second kappa shape index (κ2) is 3.86. The smallest absolute Gasteiger partial charge is 0.265 e. The van der Waals surface area contributed by atoms with Crippen molar-refractivity contribution in [3.05, 3.63) is 0 Å². The summed E-state index contributed by atoms with van der Waals surface area (Å²) in [5.74, 6) is 0. The number of aliphatic hydroxyl groups is 1. The first-order chi connectivity index (χ1) is 4.54. The van der Waals surface area contributed by atoms with Crippen molar-refractivity contribution in [2.24, 2.45) is 0 Å². The van der Waals surface area contributed by atoms with Gasteiger partial charge in [0.1, 0.15) is 0 Å². The van der Waals surface area contributed by atoms with E-state index < -0.39 is 13.5 Å². The molecule has 2 atom stereocenters. The summed E-state index contributed by atoms with van der Waals surface area (Å²) in [6.07, 6.45) is -0.872. The quantitative estimate of drug-likeness (QED) is 0.487. The first-order valence-electron chi connectivity index (χ1n) is 2.83. The number of carbonyl (C=O) groups is 1. The monoisotopic (exact) mass is 166 g/mol. The van der Waals surface area contributed by atoms with Gasteiger partial charge in [0.25, 0.3) is 7.37 Å². The molecule has 0 saturated heterocycles. The molecule has 5 heteroatoms. The Hall–Kier alpha value is -0.180. The van der Waals surface area contributed by atoms with Crippen LogP contribution in [0.2, 0.25) is 0 Å². The summed E-state index contributed by atoms with van der Waals surface area (Å²) in [5.41, 5.74) is 0. The lowest BCUT2D eigenvalue weighted by Gasteiger charge is -2.09. The lowest BCUT2D eigenvalue weighted by molar-refractivity contribution is 0.213. The van der Waals surface area contributed by atoms with Crippen molar-refractivity contribution in [2.75, 3.05) is 13.3 Å². The minimum atomic E-state index is -3.17. The molecule has 0 radical (unpaired) electrons. The molecule has 0 spiro atoms. The summed E-state index contributed by atoms with van der Waals surface area (Å²) in [6.45, 7) is 1.45. The van der Waals surface area contributed by atoms with Gasteiger partial charge in [0, 0.05) is 7.11 Å². The third kappa shape index (κ3) is 3.11. The maximum atomic E-state index is 11.0. The van der Waals surface area contributed by atoms with E-state index in [0.29, 0.717) is 0 Å². The normalized spacial score (nSPS) is 19.5. The van der Waals surface area contributed by atoms with Crippen LogP contribution < -0.4 is 0 Å². The first-order valence-corrected chi connectivity index (χ1v) is 4.71. The highest BCUT2D eigenvalue weighted by atomic mass is 31.2. The van der Waals surface area contributed by atoms with E-state index in [4.69, 9.17) is 5.11 Å². The van der Waals surface area contributed by atoms with Crippen molar-refractivity contribution >= 4 is 13.4 Å². The minimum Gasteiger partial charge on any atom is -0.393 e. The topological polar surface area (TPSA) is 63.6 Å². The molecular formula is C5H11O4P. The number of hydrogen-bond acceptors (Lipinski definition) is 4. The first kappa shape index (κ1) is 9.82. The van der Waals surface area contributed by atoms with E-state index in [2.05, 4.69) is 4.52 Å². The molecule has 0 aliphatic carbocycles. The van der Waals surface area contributed by atoms with Crippen LogP contribution in [0.3, 0.4) is 0 Å². The zero-order chi connectivity index (χ0) is 8.20. The maximum Gasteiger partial charge on any atom is 0.265 e. The van der Waals surface area contributed by atoms with Crippen LogP contribution in [0.15, 0.2) is 0 Å². The van der Waals surface area contributed by atoms with E-state index in [1.807, 2.05) is 0 Å². The number of hydrogen-bond donors (Lipinski definition) is 1. The third-order valence-electron chi connectivity index (χ3n) is 0.988. The Bertz CT molecular complexity index is 154. The molecule has 0 aliphatic heterocycles. The van der Waals surface area contributed by atoms with Crippen molar-refractivity contribution < 1.29 is 19.0 Å². The summed E-state index contributed by atoms with van der Waals surface area (Å²) in [7, 11) is -1.98. The Morgan fingerprint density at radius 3 is 2.40 bits per heavy atom. The van der Waals surface area contributed by atoms with Gasteiger partial charge in [0.05, 0.1) is 12.3 Å². The highest BCUT2D eigenvalue weighted by Gasteiger charge is 2.22. The van der Waals surface area contributed by atoms with Crippen LogP contribution >= 0.6 is 7.37 Å². The second-order valence-corrected chi connectivity index (χ2v) is 4.44. The zero-order valence-electron chi connectivity index (χ0n) is 5.98. The van der Waals surface area contributed by atoms with E-state index in [1.54, 1.807) is 0 Å². The van der Waals surface area contributed by atoms with Crippen molar-refractivity contribution in [3.8, 4) is 0 Å². The van der Waals surface area contributed by atoms with E-state index >= 15 is 0 Å². The fraction of sp³-hybridized carbons (Fsp3) is 0.800. The van der Waals surface area contributed by atoms with Crippen LogP contribution in [0.25, 0.3) is 0 Å². The van der Waals surface area contributed by atoms with Gasteiger partial charge in [0.15, 0.2) is 0 Å². The summed E-state index contributed by atoms with van der Waals surface area (Å²) in [5, 5.41) is 8.74. The van der Waals surface area contributed by atoms with Gasteiger partial charge >= 0.3 is 0 Å². The van der Waals surface area contributed by atoms with Gasteiger partial charge in [-0.15, -0.1) is 0 Å². The van der Waals surface area contributed by atoms with Crippen LogP contribution in [0.4, 0.5) is 0 Å². The van der Waals surface area contributed by atoms with Gasteiger partial charge in [0.2, 0.25) is 6.03 Å². The van der Waals surface area contributed by atoms with Crippen molar-refractivity contribution in [1.82, 2.24) is 0 Å². The Balaban J connectivity index is 4.07. The van der Waals surface area contributed by atoms with Crippen LogP contribution in [-0.4, -0.2) is 30.5 Å². The van der Waals surface area contributed by atoms with Crippen LogP contribution in [-0.2, 0) is 13.9 Å². The van der Waals surface area contributed by atoms with E-state index in [0.717, 1.165) is 0 Å². The summed E-state index contributed by atoms with van der Waals surface area (Å²) < 4.78 is 15.4. The SMILES string of the molecule is COP(=O)(C=O)CC(C)O. The Labute approximate surface area is 59.6 Å². The highest BCUT2D eigenvalue weighted by Crippen LogP contribution is 2.42. The molecule has 0 aromatic carbocycles. The molecule has 0 aromatic heterocycles. The van der Waals surface area contributed by atoms with E-state index in [9.17, 15) is 9.36 Å². The summed E-state index contributed by atoms with van der Waals surface area (Å²) in [4.78, 5) is 10.1. The molecular weight excluding hydrogens is 155 g/mol. The molecule has 0 rings (SSSR count). The Morgan fingerprint density at radius 1 is 1.80 bits per heavy atom. The molecule has 0 heterocycles. The fourth-order valence-electron chi connectivity index (χ4n) is 0.529. The summed E-state index contributed by atoms with van der Waals surface area (Å²) in [6, 6.07) is 0.264. The van der Waals surface area contributed by atoms with Gasteiger partial charge in [-0.1, -0.05) is 0 Å². The molecule has 0 bridgehead atoms. The molecule has 0 amide bonds. The van der Waals surface area contributed by atoms with Gasteiger partial charge in [-0.2, -0.15) is 0 Å². The number of aliphatic hydroxyl groups excluding tert-OH is 1. The van der Waals surface area contributed by atoms with Gasteiger partial charge in [-0.3, -0.25) is 9.36 Å². The molecule has 0 saturated carbocycles. The van der Waals surface area contributed by atoms with E-state index in [1.165, 1.54) is 14.0 Å². The molecule has 0 aliphatic rings. The number of rotatable bonds is 4. The third-order valence-corrected chi connectivity index (χ3v) is 2.97. The molecule has 4 nitrogen and oxygen atoms in total. The fourth-order valence-corrected chi connectivity index (χ4v) is 1.59. The van der Waals surface area contributed by atoms with Crippen molar-refractivity contribution in [1.29, 1.82) is 0 Å². The van der Waals surface area contributed by atoms with E-state index in [-0.39, 0.29) is 12.2 Å². The molecule has 1 N–H and O–H groups in total. The van der Waals surface area contributed by atoms with Crippen LogP contribution in [0, 0.1) is 0 Å². The Kier molecular flexibility index (Phi) is 3.79. The van der Waals surface area contributed by atoms with Crippen LogP contribution in [0.5, 0.6) is 0 Å². The van der Waals surface area contributed by atoms with Crippen LogP contribution in [0.1, 0.15) is 6.92 Å². The molecule has 0 fully saturated rings.